The van der Waals surface area contributed by atoms with E-state index in [1.165, 1.54) is 25.3 Å². The molecule has 0 spiro atoms. The highest BCUT2D eigenvalue weighted by Gasteiger charge is 2.16. The van der Waals surface area contributed by atoms with E-state index in [-0.39, 0.29) is 10.6 Å². The lowest BCUT2D eigenvalue weighted by Crippen LogP contribution is -2.13. The lowest BCUT2D eigenvalue weighted by molar-refractivity contribution is 0.416. The van der Waals surface area contributed by atoms with E-state index in [9.17, 15) is 8.42 Å². The number of methoxy groups -OCH3 is 1. The van der Waals surface area contributed by atoms with Gasteiger partial charge in [-0.15, -0.1) is 0 Å². The van der Waals surface area contributed by atoms with Gasteiger partial charge in [0.05, 0.1) is 17.7 Å². The van der Waals surface area contributed by atoms with Gasteiger partial charge < -0.3 is 10.5 Å². The number of hydrogen-bond acceptors (Lipinski definition) is 4. The fourth-order valence-electron chi connectivity index (χ4n) is 2.13. The van der Waals surface area contributed by atoms with E-state index >= 15 is 0 Å². The van der Waals surface area contributed by atoms with Crippen LogP contribution in [0.1, 0.15) is 11.1 Å². The van der Waals surface area contributed by atoms with Crippen molar-refractivity contribution in [3.63, 3.8) is 0 Å². The Morgan fingerprint density at radius 1 is 1.05 bits per heavy atom. The Morgan fingerprint density at radius 2 is 1.67 bits per heavy atom. The molecule has 0 heterocycles. The van der Waals surface area contributed by atoms with Crippen molar-refractivity contribution in [2.45, 2.75) is 18.7 Å². The largest absolute Gasteiger partial charge is 0.495 e. The number of nitrogens with one attached hydrogen (secondary N) is 1. The van der Waals surface area contributed by atoms with Gasteiger partial charge in [-0.1, -0.05) is 6.07 Å². The molecule has 112 valence electrons. The van der Waals surface area contributed by atoms with Crippen LogP contribution in [0.15, 0.2) is 41.3 Å². The molecule has 0 fully saturated rings. The standard InChI is InChI=1S/C15H18N2O3S/c1-10-6-11(2)8-12(7-10)17-21(18,19)13-4-5-15(20-3)14(16)9-13/h4-9,17H,16H2,1-3H3. The molecule has 0 aromatic heterocycles. The van der Waals surface area contributed by atoms with Crippen LogP contribution < -0.4 is 15.2 Å². The van der Waals surface area contributed by atoms with Crippen LogP contribution in [-0.4, -0.2) is 15.5 Å². The second kappa shape index (κ2) is 5.65. The molecule has 3 N–H and O–H groups in total. The number of hydrogen-bond donors (Lipinski definition) is 2. The number of nitrogens with two attached hydrogens (primary N) is 1. The molecule has 0 amide bonds. The van der Waals surface area contributed by atoms with E-state index in [1.807, 2.05) is 19.9 Å². The summed E-state index contributed by atoms with van der Waals surface area (Å²) in [7, 11) is -2.20. The van der Waals surface area contributed by atoms with Crippen LogP contribution in [0.5, 0.6) is 5.75 Å². The van der Waals surface area contributed by atoms with Gasteiger partial charge in [0.15, 0.2) is 0 Å². The second-order valence-corrected chi connectivity index (χ2v) is 6.57. The van der Waals surface area contributed by atoms with Gasteiger partial charge in [-0.05, 0) is 55.3 Å². The number of ether oxygens (including phenoxy) is 1. The van der Waals surface area contributed by atoms with Crippen LogP contribution in [0.25, 0.3) is 0 Å². The van der Waals surface area contributed by atoms with E-state index in [0.29, 0.717) is 11.4 Å². The summed E-state index contributed by atoms with van der Waals surface area (Å²) in [6.07, 6.45) is 0. The lowest BCUT2D eigenvalue weighted by atomic mass is 10.1. The predicted octanol–water partition coefficient (Wildman–Crippen LogP) is 2.70. The highest BCUT2D eigenvalue weighted by atomic mass is 32.2. The van der Waals surface area contributed by atoms with Crippen LogP contribution in [0.4, 0.5) is 11.4 Å². The summed E-state index contributed by atoms with van der Waals surface area (Å²) in [6, 6.07) is 9.90. The zero-order valence-corrected chi connectivity index (χ0v) is 13.0. The normalized spacial score (nSPS) is 11.2. The molecule has 21 heavy (non-hydrogen) atoms. The van der Waals surface area contributed by atoms with Gasteiger partial charge in [0, 0.05) is 5.69 Å². The fourth-order valence-corrected chi connectivity index (χ4v) is 3.20. The van der Waals surface area contributed by atoms with Crippen LogP contribution >= 0.6 is 0 Å². The van der Waals surface area contributed by atoms with Gasteiger partial charge in [0.25, 0.3) is 10.0 Å². The summed E-state index contributed by atoms with van der Waals surface area (Å²) in [6.45, 7) is 3.83. The Balaban J connectivity index is 2.36. The third kappa shape index (κ3) is 3.46. The van der Waals surface area contributed by atoms with Gasteiger partial charge >= 0.3 is 0 Å². The van der Waals surface area contributed by atoms with Crippen molar-refractivity contribution < 1.29 is 13.2 Å². The summed E-state index contributed by atoms with van der Waals surface area (Å²) in [5.74, 6) is 0.445. The number of rotatable bonds is 4. The van der Waals surface area contributed by atoms with E-state index in [1.54, 1.807) is 12.1 Å². The maximum atomic E-state index is 12.4. The number of aryl methyl sites for hydroxylation is 2. The molecule has 2 aromatic carbocycles. The number of benzene rings is 2. The molecule has 0 saturated heterocycles. The first-order chi connectivity index (χ1) is 9.81. The molecular formula is C15H18N2O3S. The molecule has 0 saturated carbocycles. The Morgan fingerprint density at radius 3 is 2.19 bits per heavy atom. The van der Waals surface area contributed by atoms with Crippen LogP contribution in [-0.2, 0) is 10.0 Å². The number of anilines is 2. The molecule has 2 aromatic rings. The summed E-state index contributed by atoms with van der Waals surface area (Å²) in [4.78, 5) is 0.0972. The summed E-state index contributed by atoms with van der Waals surface area (Å²) in [5.41, 5.74) is 8.54. The molecule has 6 heteroatoms. The van der Waals surface area contributed by atoms with Gasteiger partial charge in [-0.25, -0.2) is 8.42 Å². The highest BCUT2D eigenvalue weighted by Crippen LogP contribution is 2.26. The molecule has 0 aliphatic carbocycles. The highest BCUT2D eigenvalue weighted by molar-refractivity contribution is 7.92. The lowest BCUT2D eigenvalue weighted by Gasteiger charge is -2.11. The Kier molecular flexibility index (Phi) is 4.09. The van der Waals surface area contributed by atoms with Gasteiger partial charge in [0.2, 0.25) is 0 Å². The first-order valence-electron chi connectivity index (χ1n) is 6.36. The Bertz CT molecular complexity index is 750. The Hall–Kier alpha value is -2.21. The van der Waals surface area contributed by atoms with Crippen LogP contribution in [0, 0.1) is 13.8 Å². The minimum absolute atomic E-state index is 0.0972. The average molecular weight is 306 g/mol. The summed E-state index contributed by atoms with van der Waals surface area (Å²) in [5, 5.41) is 0. The third-order valence-electron chi connectivity index (χ3n) is 2.99. The zero-order valence-electron chi connectivity index (χ0n) is 12.2. The zero-order chi connectivity index (χ0) is 15.6. The quantitative estimate of drug-likeness (QED) is 0.851. The van der Waals surface area contributed by atoms with Gasteiger partial charge in [0.1, 0.15) is 5.75 Å². The smallest absolute Gasteiger partial charge is 0.261 e. The van der Waals surface area contributed by atoms with Gasteiger partial charge in [-0.2, -0.15) is 0 Å². The van der Waals surface area contributed by atoms with Crippen molar-refractivity contribution in [2.75, 3.05) is 17.6 Å². The molecule has 2 rings (SSSR count). The van der Waals surface area contributed by atoms with Crippen LogP contribution in [0.3, 0.4) is 0 Å². The first kappa shape index (κ1) is 15.2. The van der Waals surface area contributed by atoms with Crippen molar-refractivity contribution >= 4 is 21.4 Å². The average Bonchev–Trinajstić information content (AvgIpc) is 2.36. The van der Waals surface area contributed by atoms with Crippen molar-refractivity contribution in [1.82, 2.24) is 0 Å². The van der Waals surface area contributed by atoms with Crippen LogP contribution in [0.2, 0.25) is 0 Å². The molecule has 5 nitrogen and oxygen atoms in total. The van der Waals surface area contributed by atoms with E-state index in [2.05, 4.69) is 4.72 Å². The maximum absolute atomic E-state index is 12.4. The van der Waals surface area contributed by atoms with Crippen molar-refractivity contribution in [3.8, 4) is 5.75 Å². The fraction of sp³-hybridized carbons (Fsp3) is 0.200. The van der Waals surface area contributed by atoms with E-state index in [4.69, 9.17) is 10.5 Å². The predicted molar refractivity (Wildman–Crippen MR) is 84.1 cm³/mol. The minimum atomic E-state index is -3.68. The van der Waals surface area contributed by atoms with Crippen molar-refractivity contribution in [3.05, 3.63) is 47.5 Å². The van der Waals surface area contributed by atoms with Crippen molar-refractivity contribution in [2.24, 2.45) is 0 Å². The molecule has 0 aliphatic heterocycles. The molecule has 0 unspecified atom stereocenters. The second-order valence-electron chi connectivity index (χ2n) is 4.89. The summed E-state index contributed by atoms with van der Waals surface area (Å²) < 4.78 is 32.3. The number of nitrogen functional groups attached to an aromatic ring is 1. The van der Waals surface area contributed by atoms with E-state index < -0.39 is 10.0 Å². The topological polar surface area (TPSA) is 81.4 Å². The number of sulfonamides is 1. The molecule has 0 bridgehead atoms. The summed E-state index contributed by atoms with van der Waals surface area (Å²) >= 11 is 0. The van der Waals surface area contributed by atoms with Crippen molar-refractivity contribution in [1.29, 1.82) is 0 Å². The minimum Gasteiger partial charge on any atom is -0.495 e. The third-order valence-corrected chi connectivity index (χ3v) is 4.36. The van der Waals surface area contributed by atoms with Gasteiger partial charge in [-0.3, -0.25) is 4.72 Å². The van der Waals surface area contributed by atoms with E-state index in [0.717, 1.165) is 11.1 Å². The maximum Gasteiger partial charge on any atom is 0.261 e. The molecular weight excluding hydrogens is 288 g/mol. The molecule has 0 atom stereocenters. The monoisotopic (exact) mass is 306 g/mol. The first-order valence-corrected chi connectivity index (χ1v) is 7.85. The SMILES string of the molecule is COc1ccc(S(=O)(=O)Nc2cc(C)cc(C)c2)cc1N. The Labute approximate surface area is 124 Å². The molecule has 0 radical (unpaired) electrons. The molecule has 0 aliphatic rings.